The lowest BCUT2D eigenvalue weighted by Crippen LogP contribution is -2.36. The number of pyridine rings is 1. The van der Waals surface area contributed by atoms with E-state index in [1.165, 1.54) is 19.3 Å². The molecule has 1 aliphatic rings. The molecule has 4 heteroatoms. The van der Waals surface area contributed by atoms with E-state index in [9.17, 15) is 0 Å². The van der Waals surface area contributed by atoms with Crippen molar-refractivity contribution in [2.45, 2.75) is 33.1 Å². The van der Waals surface area contributed by atoms with Crippen LogP contribution >= 0.6 is 0 Å². The number of aryl methyl sites for hydroxylation is 1. The number of amidine groups is 1. The Morgan fingerprint density at radius 1 is 1.56 bits per heavy atom. The summed E-state index contributed by atoms with van der Waals surface area (Å²) in [5.74, 6) is 1.85. The molecule has 1 saturated heterocycles. The third kappa shape index (κ3) is 2.81. The van der Waals surface area contributed by atoms with Gasteiger partial charge in [0.2, 0.25) is 0 Å². The molecule has 1 aromatic rings. The highest BCUT2D eigenvalue weighted by atomic mass is 15.2. The molecule has 1 fully saturated rings. The molecule has 2 heterocycles. The van der Waals surface area contributed by atoms with Gasteiger partial charge in [-0.3, -0.25) is 5.41 Å². The summed E-state index contributed by atoms with van der Waals surface area (Å²) < 4.78 is 0. The quantitative estimate of drug-likeness (QED) is 0.635. The lowest BCUT2D eigenvalue weighted by Gasteiger charge is -2.33. The third-order valence-corrected chi connectivity index (χ3v) is 3.67. The van der Waals surface area contributed by atoms with Crippen molar-refractivity contribution in [3.05, 3.63) is 23.4 Å². The predicted octanol–water partition coefficient (Wildman–Crippen LogP) is 2.30. The molecular weight excluding hydrogens is 224 g/mol. The summed E-state index contributed by atoms with van der Waals surface area (Å²) in [6.45, 7) is 6.34. The summed E-state index contributed by atoms with van der Waals surface area (Å²) >= 11 is 0. The third-order valence-electron chi connectivity index (χ3n) is 3.67. The van der Waals surface area contributed by atoms with E-state index < -0.39 is 0 Å². The zero-order valence-electron chi connectivity index (χ0n) is 11.2. The van der Waals surface area contributed by atoms with Crippen LogP contribution in [0.1, 0.15) is 37.4 Å². The van der Waals surface area contributed by atoms with E-state index in [0.29, 0.717) is 0 Å². The molecule has 18 heavy (non-hydrogen) atoms. The van der Waals surface area contributed by atoms with Crippen molar-refractivity contribution in [3.63, 3.8) is 0 Å². The molecule has 0 amide bonds. The van der Waals surface area contributed by atoms with Crippen LogP contribution in [-0.4, -0.2) is 23.9 Å². The number of aromatic nitrogens is 1. The number of nitrogens with one attached hydrogen (secondary N) is 1. The summed E-state index contributed by atoms with van der Waals surface area (Å²) in [5, 5.41) is 7.55. The maximum absolute atomic E-state index is 7.55. The van der Waals surface area contributed by atoms with Crippen molar-refractivity contribution < 1.29 is 0 Å². The minimum absolute atomic E-state index is 0.116. The second-order valence-corrected chi connectivity index (χ2v) is 5.13. The first-order valence-electron chi connectivity index (χ1n) is 6.68. The van der Waals surface area contributed by atoms with E-state index in [1.807, 2.05) is 19.1 Å². The molecule has 4 nitrogen and oxygen atoms in total. The van der Waals surface area contributed by atoms with Crippen LogP contribution < -0.4 is 10.6 Å². The predicted molar refractivity (Wildman–Crippen MR) is 75.2 cm³/mol. The van der Waals surface area contributed by atoms with Gasteiger partial charge in [0, 0.05) is 24.3 Å². The van der Waals surface area contributed by atoms with Gasteiger partial charge in [-0.05, 0) is 37.8 Å². The Morgan fingerprint density at radius 3 is 3.00 bits per heavy atom. The van der Waals surface area contributed by atoms with Gasteiger partial charge in [0.15, 0.2) is 0 Å². The van der Waals surface area contributed by atoms with Crippen LogP contribution in [0.3, 0.4) is 0 Å². The van der Waals surface area contributed by atoms with Crippen LogP contribution in [-0.2, 0) is 0 Å². The van der Waals surface area contributed by atoms with Gasteiger partial charge in [-0.15, -0.1) is 0 Å². The fourth-order valence-corrected chi connectivity index (χ4v) is 2.57. The lowest BCUT2D eigenvalue weighted by atomic mass is 9.95. The Kier molecular flexibility index (Phi) is 3.84. The number of nitrogens with zero attached hydrogens (tertiary/aromatic N) is 2. The first kappa shape index (κ1) is 12.9. The molecule has 0 spiro atoms. The molecule has 0 aliphatic carbocycles. The summed E-state index contributed by atoms with van der Waals surface area (Å²) in [6, 6.07) is 3.81. The molecule has 3 N–H and O–H groups in total. The summed E-state index contributed by atoms with van der Waals surface area (Å²) in [5.41, 5.74) is 7.27. The van der Waals surface area contributed by atoms with E-state index in [4.69, 9.17) is 11.1 Å². The fraction of sp³-hybridized carbons (Fsp3) is 0.571. The second-order valence-electron chi connectivity index (χ2n) is 5.13. The number of anilines is 1. The summed E-state index contributed by atoms with van der Waals surface area (Å²) in [6.07, 6.45) is 3.77. The van der Waals surface area contributed by atoms with E-state index >= 15 is 0 Å². The molecule has 98 valence electrons. The molecule has 1 aromatic heterocycles. The van der Waals surface area contributed by atoms with Crippen LogP contribution in [0.2, 0.25) is 0 Å². The summed E-state index contributed by atoms with van der Waals surface area (Å²) in [4.78, 5) is 6.91. The number of hydrogen-bond acceptors (Lipinski definition) is 3. The van der Waals surface area contributed by atoms with Gasteiger partial charge in [0.25, 0.3) is 0 Å². The van der Waals surface area contributed by atoms with Crippen molar-refractivity contribution in [1.82, 2.24) is 4.98 Å². The van der Waals surface area contributed by atoms with Gasteiger partial charge in [-0.2, -0.15) is 0 Å². The van der Waals surface area contributed by atoms with Gasteiger partial charge >= 0.3 is 0 Å². The van der Waals surface area contributed by atoms with E-state index in [2.05, 4.69) is 16.8 Å². The fourth-order valence-electron chi connectivity index (χ4n) is 2.57. The van der Waals surface area contributed by atoms with E-state index in [0.717, 1.165) is 36.1 Å². The van der Waals surface area contributed by atoms with E-state index in [-0.39, 0.29) is 5.84 Å². The Balaban J connectivity index is 2.24. The van der Waals surface area contributed by atoms with E-state index in [1.54, 1.807) is 0 Å². The molecule has 0 aromatic carbocycles. The molecule has 2 rings (SSSR count). The monoisotopic (exact) mass is 246 g/mol. The normalized spacial score (nSPS) is 19.9. The second kappa shape index (κ2) is 5.38. The minimum atomic E-state index is 0.116. The van der Waals surface area contributed by atoms with Gasteiger partial charge in [-0.1, -0.05) is 13.3 Å². The SMILES string of the molecule is CCC1CCCN(c2cc(C(=N)N)cc(C)n2)C1. The summed E-state index contributed by atoms with van der Waals surface area (Å²) in [7, 11) is 0. The number of nitrogen functional groups attached to an aromatic ring is 1. The van der Waals surface area contributed by atoms with Gasteiger partial charge < -0.3 is 10.6 Å². The molecular formula is C14H22N4. The zero-order chi connectivity index (χ0) is 13.1. The van der Waals surface area contributed by atoms with Crippen molar-refractivity contribution in [2.75, 3.05) is 18.0 Å². The van der Waals surface area contributed by atoms with Crippen LogP contribution in [0.5, 0.6) is 0 Å². The average Bonchev–Trinajstić information content (AvgIpc) is 2.38. The van der Waals surface area contributed by atoms with Crippen molar-refractivity contribution in [1.29, 1.82) is 5.41 Å². The topological polar surface area (TPSA) is 66.0 Å². The van der Waals surface area contributed by atoms with Crippen molar-refractivity contribution in [3.8, 4) is 0 Å². The van der Waals surface area contributed by atoms with Crippen molar-refractivity contribution in [2.24, 2.45) is 11.7 Å². The van der Waals surface area contributed by atoms with Crippen LogP contribution in [0.15, 0.2) is 12.1 Å². The number of piperidine rings is 1. The number of nitrogens with two attached hydrogens (primary N) is 1. The van der Waals surface area contributed by atoms with Crippen LogP contribution in [0, 0.1) is 18.3 Å². The molecule has 1 unspecified atom stereocenters. The Bertz CT molecular complexity index is 441. The van der Waals surface area contributed by atoms with Crippen LogP contribution in [0.4, 0.5) is 5.82 Å². The first-order chi connectivity index (χ1) is 8.60. The number of rotatable bonds is 3. The smallest absolute Gasteiger partial charge is 0.129 e. The lowest BCUT2D eigenvalue weighted by molar-refractivity contribution is 0.403. The maximum atomic E-state index is 7.55. The average molecular weight is 246 g/mol. The molecule has 1 atom stereocenters. The largest absolute Gasteiger partial charge is 0.384 e. The Morgan fingerprint density at radius 2 is 2.33 bits per heavy atom. The standard InChI is InChI=1S/C14H22N4/c1-3-11-5-4-6-18(9-11)13-8-12(14(15)16)7-10(2)17-13/h7-8,11H,3-6,9H2,1-2H3,(H3,15,16). The molecule has 0 radical (unpaired) electrons. The number of hydrogen-bond donors (Lipinski definition) is 2. The first-order valence-corrected chi connectivity index (χ1v) is 6.68. The van der Waals surface area contributed by atoms with Gasteiger partial charge in [0.1, 0.15) is 11.7 Å². The zero-order valence-corrected chi connectivity index (χ0v) is 11.2. The molecule has 1 aliphatic heterocycles. The Hall–Kier alpha value is -1.58. The highest BCUT2D eigenvalue weighted by Gasteiger charge is 2.20. The van der Waals surface area contributed by atoms with Gasteiger partial charge in [-0.25, -0.2) is 4.98 Å². The van der Waals surface area contributed by atoms with Crippen molar-refractivity contribution >= 4 is 11.7 Å². The minimum Gasteiger partial charge on any atom is -0.384 e. The van der Waals surface area contributed by atoms with Crippen LogP contribution in [0.25, 0.3) is 0 Å². The maximum Gasteiger partial charge on any atom is 0.129 e. The highest BCUT2D eigenvalue weighted by molar-refractivity contribution is 5.95. The Labute approximate surface area is 109 Å². The molecule has 0 saturated carbocycles. The highest BCUT2D eigenvalue weighted by Crippen LogP contribution is 2.24. The van der Waals surface area contributed by atoms with Gasteiger partial charge in [0.05, 0.1) is 0 Å². The molecule has 0 bridgehead atoms.